The quantitative estimate of drug-likeness (QED) is 0.0590. The third-order valence-electron chi connectivity index (χ3n) is 11.9. The third kappa shape index (κ3) is 9.52. The summed E-state index contributed by atoms with van der Waals surface area (Å²) in [4.78, 5) is 0. The van der Waals surface area contributed by atoms with Gasteiger partial charge in [0.15, 0.2) is 0 Å². The van der Waals surface area contributed by atoms with E-state index in [1.54, 1.807) is 0 Å². The largest absolute Gasteiger partial charge is 0.340 e. The highest BCUT2D eigenvalue weighted by Gasteiger charge is 2.18. The minimum absolute atomic E-state index is 1.08. The third-order valence-corrected chi connectivity index (χ3v) is 11.9. The SMILES string of the molecule is CCCCCCCCCCCCn1c2cc(C)ccc2c2cc3c(cc21)c1ccc(-c2ccc(C)cc2)cc1n3CCCCCCCCCCCC. The van der Waals surface area contributed by atoms with E-state index >= 15 is 0 Å². The lowest BCUT2D eigenvalue weighted by atomic mass is 10.0. The Hall–Kier alpha value is -3.52. The van der Waals surface area contributed by atoms with Gasteiger partial charge in [0.25, 0.3) is 0 Å². The van der Waals surface area contributed by atoms with Crippen LogP contribution in [0.5, 0.6) is 0 Å². The summed E-state index contributed by atoms with van der Waals surface area (Å²) in [6, 6.07) is 28.5. The Bertz CT molecular complexity index is 1980. The second-order valence-corrected chi connectivity index (χ2v) is 16.2. The van der Waals surface area contributed by atoms with Crippen molar-refractivity contribution in [3.63, 3.8) is 0 Å². The predicted molar refractivity (Wildman–Crippen MR) is 231 cm³/mol. The van der Waals surface area contributed by atoms with Crippen LogP contribution in [0.1, 0.15) is 153 Å². The molecular weight excluding hydrogens is 629 g/mol. The van der Waals surface area contributed by atoms with Gasteiger partial charge in [0.2, 0.25) is 0 Å². The molecule has 52 heavy (non-hydrogen) atoms. The normalized spacial score (nSPS) is 12.0. The van der Waals surface area contributed by atoms with Crippen molar-refractivity contribution in [3.8, 4) is 11.1 Å². The van der Waals surface area contributed by atoms with E-state index in [0.717, 1.165) is 13.1 Å². The second kappa shape index (κ2) is 19.5. The maximum absolute atomic E-state index is 2.67. The first-order valence-corrected chi connectivity index (χ1v) is 21.6. The zero-order chi connectivity index (χ0) is 36.1. The molecule has 0 aliphatic heterocycles. The number of rotatable bonds is 23. The molecule has 2 heteroatoms. The van der Waals surface area contributed by atoms with Crippen molar-refractivity contribution < 1.29 is 0 Å². The number of fused-ring (bicyclic) bond motifs is 6. The van der Waals surface area contributed by atoms with Crippen LogP contribution in [0.3, 0.4) is 0 Å². The Morgan fingerprint density at radius 1 is 0.327 bits per heavy atom. The molecule has 0 spiro atoms. The lowest BCUT2D eigenvalue weighted by Crippen LogP contribution is -1.99. The number of aromatic nitrogens is 2. The van der Waals surface area contributed by atoms with E-state index in [0.29, 0.717) is 0 Å². The van der Waals surface area contributed by atoms with Gasteiger partial charge in [0.05, 0.1) is 0 Å². The van der Waals surface area contributed by atoms with Crippen molar-refractivity contribution >= 4 is 43.6 Å². The van der Waals surface area contributed by atoms with Gasteiger partial charge in [-0.25, -0.2) is 0 Å². The molecule has 6 aromatic rings. The maximum atomic E-state index is 2.67. The number of hydrogen-bond acceptors (Lipinski definition) is 0. The zero-order valence-corrected chi connectivity index (χ0v) is 33.4. The first kappa shape index (κ1) is 38.2. The molecule has 0 unspecified atom stereocenters. The fraction of sp³-hybridized carbons (Fsp3) is 0.520. The van der Waals surface area contributed by atoms with Crippen LogP contribution >= 0.6 is 0 Å². The minimum atomic E-state index is 1.08. The topological polar surface area (TPSA) is 9.86 Å². The van der Waals surface area contributed by atoms with E-state index in [-0.39, 0.29) is 0 Å². The average Bonchev–Trinajstić information content (AvgIpc) is 3.62. The fourth-order valence-electron chi connectivity index (χ4n) is 8.71. The van der Waals surface area contributed by atoms with E-state index in [4.69, 9.17) is 0 Å². The molecule has 0 radical (unpaired) electrons. The summed E-state index contributed by atoms with van der Waals surface area (Å²) in [6.07, 6.45) is 27.4. The molecule has 2 nitrogen and oxygen atoms in total. The van der Waals surface area contributed by atoms with Crippen LogP contribution in [-0.2, 0) is 13.1 Å². The van der Waals surface area contributed by atoms with Crippen LogP contribution in [0.2, 0.25) is 0 Å². The molecule has 0 atom stereocenters. The van der Waals surface area contributed by atoms with Gasteiger partial charge in [-0.1, -0.05) is 184 Å². The van der Waals surface area contributed by atoms with Gasteiger partial charge in [0, 0.05) is 56.7 Å². The summed E-state index contributed by atoms with van der Waals surface area (Å²) in [6.45, 7) is 11.2. The summed E-state index contributed by atoms with van der Waals surface area (Å²) in [5.41, 5.74) is 10.9. The van der Waals surface area contributed by atoms with Gasteiger partial charge in [-0.3, -0.25) is 0 Å². The highest BCUT2D eigenvalue weighted by Crippen LogP contribution is 2.39. The molecule has 2 heterocycles. The van der Waals surface area contributed by atoms with Crippen LogP contribution in [0.25, 0.3) is 54.7 Å². The minimum Gasteiger partial charge on any atom is -0.340 e. The number of nitrogens with zero attached hydrogens (tertiary/aromatic N) is 2. The zero-order valence-electron chi connectivity index (χ0n) is 33.4. The molecule has 2 aromatic heterocycles. The fourth-order valence-corrected chi connectivity index (χ4v) is 8.71. The maximum Gasteiger partial charge on any atom is 0.0499 e. The van der Waals surface area contributed by atoms with Gasteiger partial charge in [0.1, 0.15) is 0 Å². The molecule has 0 saturated carbocycles. The van der Waals surface area contributed by atoms with Gasteiger partial charge < -0.3 is 9.13 Å². The summed E-state index contributed by atoms with van der Waals surface area (Å²) >= 11 is 0. The molecule has 0 N–H and O–H groups in total. The van der Waals surface area contributed by atoms with Crippen molar-refractivity contribution in [3.05, 3.63) is 83.9 Å². The molecule has 6 rings (SSSR count). The van der Waals surface area contributed by atoms with E-state index < -0.39 is 0 Å². The van der Waals surface area contributed by atoms with Crippen molar-refractivity contribution in [2.24, 2.45) is 0 Å². The Kier molecular flexibility index (Phi) is 14.3. The molecule has 0 fully saturated rings. The highest BCUT2D eigenvalue weighted by atomic mass is 15.0. The smallest absolute Gasteiger partial charge is 0.0499 e. The van der Waals surface area contributed by atoms with Crippen LogP contribution in [0.4, 0.5) is 0 Å². The van der Waals surface area contributed by atoms with Crippen molar-refractivity contribution in [2.45, 2.75) is 169 Å². The van der Waals surface area contributed by atoms with Gasteiger partial charge >= 0.3 is 0 Å². The monoisotopic (exact) mass is 697 g/mol. The van der Waals surface area contributed by atoms with Crippen LogP contribution in [0.15, 0.2) is 72.8 Å². The predicted octanol–water partition coefficient (Wildman–Crippen LogP) is 16.0. The Labute approximate surface area is 316 Å². The number of hydrogen-bond donors (Lipinski definition) is 0. The summed E-state index contributed by atoms with van der Waals surface area (Å²) in [7, 11) is 0. The van der Waals surface area contributed by atoms with Crippen LogP contribution in [-0.4, -0.2) is 9.13 Å². The molecular formula is C50H68N2. The molecule has 0 aliphatic rings. The molecule has 0 saturated heterocycles. The summed E-state index contributed by atoms with van der Waals surface area (Å²) in [5.74, 6) is 0. The number of benzene rings is 4. The van der Waals surface area contributed by atoms with E-state index in [1.807, 2.05) is 0 Å². The second-order valence-electron chi connectivity index (χ2n) is 16.2. The van der Waals surface area contributed by atoms with E-state index in [9.17, 15) is 0 Å². The van der Waals surface area contributed by atoms with Gasteiger partial charge in [-0.2, -0.15) is 0 Å². The highest BCUT2D eigenvalue weighted by molar-refractivity contribution is 6.18. The molecule has 0 bridgehead atoms. The Morgan fingerprint density at radius 3 is 1.17 bits per heavy atom. The lowest BCUT2D eigenvalue weighted by molar-refractivity contribution is 0.541. The number of unbranched alkanes of at least 4 members (excludes halogenated alkanes) is 18. The Balaban J connectivity index is 1.26. The standard InChI is InChI=1S/C50H68N2/c1-5-7-9-11-13-15-17-19-21-23-33-51-47-35-40(4)27-31-43(47)45-37-50-46(38-49(45)51)44-32-30-42(41-28-25-39(3)26-29-41)36-48(44)52(50)34-24-22-20-18-16-14-12-10-8-6-2/h25-32,35-38H,5-24,33-34H2,1-4H3. The first-order chi connectivity index (χ1) is 25.6. The molecule has 0 aliphatic carbocycles. The number of aryl methyl sites for hydroxylation is 4. The molecule has 278 valence electrons. The van der Waals surface area contributed by atoms with Crippen molar-refractivity contribution in [1.82, 2.24) is 9.13 Å². The van der Waals surface area contributed by atoms with E-state index in [1.165, 1.54) is 194 Å². The Morgan fingerprint density at radius 2 is 0.692 bits per heavy atom. The first-order valence-electron chi connectivity index (χ1n) is 21.6. The van der Waals surface area contributed by atoms with Crippen LogP contribution < -0.4 is 0 Å². The van der Waals surface area contributed by atoms with Gasteiger partial charge in [-0.15, -0.1) is 0 Å². The van der Waals surface area contributed by atoms with Gasteiger partial charge in [-0.05, 0) is 67.6 Å². The lowest BCUT2D eigenvalue weighted by Gasteiger charge is -2.10. The summed E-state index contributed by atoms with van der Waals surface area (Å²) < 4.78 is 5.33. The van der Waals surface area contributed by atoms with Crippen molar-refractivity contribution in [1.29, 1.82) is 0 Å². The van der Waals surface area contributed by atoms with Crippen molar-refractivity contribution in [2.75, 3.05) is 0 Å². The van der Waals surface area contributed by atoms with Crippen LogP contribution in [0, 0.1) is 13.8 Å². The molecule has 0 amide bonds. The average molecular weight is 697 g/mol. The van der Waals surface area contributed by atoms with E-state index in [2.05, 4.69) is 110 Å². The summed E-state index contributed by atoms with van der Waals surface area (Å²) in [5, 5.41) is 5.63. The molecule has 4 aromatic carbocycles.